The van der Waals surface area contributed by atoms with E-state index in [0.717, 1.165) is 0 Å². The Morgan fingerprint density at radius 2 is 1.33 bits per heavy atom. The van der Waals surface area contributed by atoms with Crippen molar-refractivity contribution in [1.29, 1.82) is 5.26 Å². The van der Waals surface area contributed by atoms with Crippen molar-refractivity contribution in [2.45, 2.75) is 25.8 Å². The van der Waals surface area contributed by atoms with E-state index in [-0.39, 0.29) is 11.6 Å². The number of benzene rings is 2. The van der Waals surface area contributed by atoms with Gasteiger partial charge < -0.3 is 4.43 Å². The minimum Gasteiger partial charge on any atom is -0.394 e. The maximum atomic E-state index is 9.04. The average Bonchev–Trinajstić information content (AvgIpc) is 2.49. The molecule has 0 aromatic heterocycles. The van der Waals surface area contributed by atoms with Crippen LogP contribution in [0.2, 0.25) is 5.04 Å². The normalized spacial score (nSPS) is 11.9. The van der Waals surface area contributed by atoms with Gasteiger partial charge in [-0.05, 0) is 15.4 Å². The van der Waals surface area contributed by atoms with Crippen LogP contribution in [0.1, 0.15) is 20.8 Å². The maximum Gasteiger partial charge on any atom is 0.262 e. The fourth-order valence-corrected chi connectivity index (χ4v) is 7.34. The Bertz CT molecular complexity index is 572. The van der Waals surface area contributed by atoms with E-state index < -0.39 is 8.32 Å². The minimum atomic E-state index is -2.49. The SMILES string of the molecule is CC(C)(C)[Si](OCC#N)(c1ccccc1)c1ccccc1. The van der Waals surface area contributed by atoms with Crippen molar-refractivity contribution in [3.05, 3.63) is 60.7 Å². The first-order chi connectivity index (χ1) is 10.0. The van der Waals surface area contributed by atoms with Crippen LogP contribution in [0.5, 0.6) is 0 Å². The van der Waals surface area contributed by atoms with Crippen LogP contribution in [0, 0.1) is 11.3 Å². The zero-order chi connectivity index (χ0) is 15.3. The second-order valence-corrected chi connectivity index (χ2v) is 10.4. The summed E-state index contributed by atoms with van der Waals surface area (Å²) in [5, 5.41) is 11.4. The van der Waals surface area contributed by atoms with Crippen LogP contribution in [-0.2, 0) is 4.43 Å². The smallest absolute Gasteiger partial charge is 0.262 e. The number of rotatable bonds is 4. The topological polar surface area (TPSA) is 33.0 Å². The molecule has 0 atom stereocenters. The summed E-state index contributed by atoms with van der Waals surface area (Å²) >= 11 is 0. The molecule has 108 valence electrons. The van der Waals surface area contributed by atoms with Gasteiger partial charge in [-0.3, -0.25) is 0 Å². The van der Waals surface area contributed by atoms with Gasteiger partial charge in [-0.2, -0.15) is 5.26 Å². The predicted octanol–water partition coefficient (Wildman–Crippen LogP) is 3.09. The van der Waals surface area contributed by atoms with E-state index in [2.05, 4.69) is 51.1 Å². The highest BCUT2D eigenvalue weighted by molar-refractivity contribution is 6.99. The Morgan fingerprint density at radius 1 is 0.905 bits per heavy atom. The van der Waals surface area contributed by atoms with E-state index in [0.29, 0.717) is 0 Å². The first-order valence-corrected chi connectivity index (χ1v) is 9.05. The molecule has 0 heterocycles. The largest absolute Gasteiger partial charge is 0.394 e. The van der Waals surface area contributed by atoms with Gasteiger partial charge in [0, 0.05) is 0 Å². The summed E-state index contributed by atoms with van der Waals surface area (Å²) in [7, 11) is -2.49. The monoisotopic (exact) mass is 295 g/mol. The maximum absolute atomic E-state index is 9.04. The molecule has 0 bridgehead atoms. The molecule has 0 spiro atoms. The number of hydrogen-bond donors (Lipinski definition) is 0. The van der Waals surface area contributed by atoms with Crippen LogP contribution >= 0.6 is 0 Å². The van der Waals surface area contributed by atoms with Crippen molar-refractivity contribution < 1.29 is 4.43 Å². The van der Waals surface area contributed by atoms with Crippen molar-refractivity contribution >= 4 is 18.7 Å². The molecule has 2 aromatic carbocycles. The summed E-state index contributed by atoms with van der Waals surface area (Å²) in [6.07, 6.45) is 0. The zero-order valence-electron chi connectivity index (χ0n) is 12.8. The minimum absolute atomic E-state index is 0.0629. The molecule has 0 aliphatic rings. The molecule has 0 saturated carbocycles. The van der Waals surface area contributed by atoms with E-state index in [1.807, 2.05) is 36.4 Å². The van der Waals surface area contributed by atoms with Gasteiger partial charge in [0.05, 0.1) is 6.07 Å². The van der Waals surface area contributed by atoms with Crippen LogP contribution in [0.3, 0.4) is 0 Å². The standard InChI is InChI=1S/C18H21NOSi/c1-18(2,3)21(20-15-14-19,16-10-6-4-7-11-16)17-12-8-5-9-13-17/h4-13H,15H2,1-3H3. The van der Waals surface area contributed by atoms with Gasteiger partial charge >= 0.3 is 0 Å². The Hall–Kier alpha value is -1.89. The van der Waals surface area contributed by atoms with Crippen molar-refractivity contribution in [2.75, 3.05) is 6.61 Å². The van der Waals surface area contributed by atoms with Crippen molar-refractivity contribution in [3.63, 3.8) is 0 Å². The van der Waals surface area contributed by atoms with Crippen LogP contribution in [0.4, 0.5) is 0 Å². The van der Waals surface area contributed by atoms with E-state index in [1.54, 1.807) is 0 Å². The number of hydrogen-bond acceptors (Lipinski definition) is 2. The highest BCUT2D eigenvalue weighted by Crippen LogP contribution is 2.36. The van der Waals surface area contributed by atoms with Crippen LogP contribution < -0.4 is 10.4 Å². The Balaban J connectivity index is 2.69. The molecule has 0 amide bonds. The number of nitriles is 1. The first kappa shape index (κ1) is 15.5. The molecular formula is C18H21NOSi. The summed E-state index contributed by atoms with van der Waals surface area (Å²) in [4.78, 5) is 0. The summed E-state index contributed by atoms with van der Waals surface area (Å²) < 4.78 is 6.29. The fourth-order valence-electron chi connectivity index (χ4n) is 2.90. The molecule has 0 aliphatic carbocycles. The second-order valence-electron chi connectivity index (χ2n) is 6.11. The lowest BCUT2D eigenvalue weighted by molar-refractivity contribution is 0.344. The highest BCUT2D eigenvalue weighted by atomic mass is 28.4. The number of nitrogens with zero attached hydrogens (tertiary/aromatic N) is 1. The molecule has 3 heteroatoms. The summed E-state index contributed by atoms with van der Waals surface area (Å²) in [5.41, 5.74) is 0. The molecule has 2 rings (SSSR count). The Labute approximate surface area is 128 Å². The molecule has 21 heavy (non-hydrogen) atoms. The van der Waals surface area contributed by atoms with Crippen LogP contribution in [-0.4, -0.2) is 14.9 Å². The van der Waals surface area contributed by atoms with Gasteiger partial charge in [0.25, 0.3) is 8.32 Å². The van der Waals surface area contributed by atoms with E-state index >= 15 is 0 Å². The molecular weight excluding hydrogens is 274 g/mol. The molecule has 0 unspecified atom stereocenters. The lowest BCUT2D eigenvalue weighted by Crippen LogP contribution is -2.66. The summed E-state index contributed by atoms with van der Waals surface area (Å²) in [6, 6.07) is 22.9. The molecule has 0 radical (unpaired) electrons. The first-order valence-electron chi connectivity index (χ1n) is 7.14. The van der Waals surface area contributed by atoms with E-state index in [4.69, 9.17) is 9.69 Å². The lowest BCUT2D eigenvalue weighted by Gasteiger charge is -2.42. The quantitative estimate of drug-likeness (QED) is 0.812. The molecule has 0 saturated heterocycles. The van der Waals surface area contributed by atoms with Gasteiger partial charge in [-0.25, -0.2) is 0 Å². The molecule has 2 aromatic rings. The molecule has 0 N–H and O–H groups in total. The van der Waals surface area contributed by atoms with Crippen molar-refractivity contribution in [2.24, 2.45) is 0 Å². The van der Waals surface area contributed by atoms with Crippen molar-refractivity contribution in [1.82, 2.24) is 0 Å². The van der Waals surface area contributed by atoms with Gasteiger partial charge in [-0.1, -0.05) is 81.4 Å². The van der Waals surface area contributed by atoms with Crippen LogP contribution in [0.15, 0.2) is 60.7 Å². The van der Waals surface area contributed by atoms with Gasteiger partial charge in [0.2, 0.25) is 0 Å². The van der Waals surface area contributed by atoms with Gasteiger partial charge in [-0.15, -0.1) is 0 Å². The van der Waals surface area contributed by atoms with Gasteiger partial charge in [0.15, 0.2) is 0 Å². The third kappa shape index (κ3) is 2.92. The van der Waals surface area contributed by atoms with Crippen molar-refractivity contribution in [3.8, 4) is 6.07 Å². The predicted molar refractivity (Wildman–Crippen MR) is 89.2 cm³/mol. The summed E-state index contributed by atoms with van der Waals surface area (Å²) in [6.45, 7) is 6.73. The highest BCUT2D eigenvalue weighted by Gasteiger charge is 2.50. The third-order valence-corrected chi connectivity index (χ3v) is 8.75. The van der Waals surface area contributed by atoms with Crippen LogP contribution in [0.25, 0.3) is 0 Å². The summed E-state index contributed by atoms with van der Waals surface area (Å²) in [5.74, 6) is 0. The average molecular weight is 295 g/mol. The lowest BCUT2D eigenvalue weighted by atomic mass is 10.2. The van der Waals surface area contributed by atoms with E-state index in [9.17, 15) is 0 Å². The second kappa shape index (κ2) is 6.25. The van der Waals surface area contributed by atoms with E-state index in [1.165, 1.54) is 10.4 Å². The fraction of sp³-hybridized carbons (Fsp3) is 0.278. The Kier molecular flexibility index (Phi) is 4.61. The Morgan fingerprint density at radius 3 is 1.67 bits per heavy atom. The zero-order valence-corrected chi connectivity index (χ0v) is 13.8. The molecule has 2 nitrogen and oxygen atoms in total. The molecule has 0 fully saturated rings. The van der Waals surface area contributed by atoms with Gasteiger partial charge in [0.1, 0.15) is 6.61 Å². The third-order valence-electron chi connectivity index (χ3n) is 3.77. The molecule has 0 aliphatic heterocycles.